The van der Waals surface area contributed by atoms with E-state index in [9.17, 15) is 4.79 Å². The molecule has 1 saturated carbocycles. The first-order valence-corrected chi connectivity index (χ1v) is 8.19. The number of hydrogen-bond donors (Lipinski definition) is 1. The summed E-state index contributed by atoms with van der Waals surface area (Å²) >= 11 is 0. The molecule has 8 nitrogen and oxygen atoms in total. The highest BCUT2D eigenvalue weighted by Crippen LogP contribution is 2.23. The zero-order chi connectivity index (χ0) is 16.4. The van der Waals surface area contributed by atoms with Gasteiger partial charge in [0.05, 0.1) is 12.4 Å². The topological polar surface area (TPSA) is 87.1 Å². The molecule has 0 spiro atoms. The maximum absolute atomic E-state index is 12.5. The molecule has 1 aliphatic heterocycles. The highest BCUT2D eigenvalue weighted by atomic mass is 16.2. The van der Waals surface area contributed by atoms with Crippen molar-refractivity contribution in [3.63, 3.8) is 0 Å². The standard InChI is InChI=1S/C16H19N7O/c24-15(13-10-20-14(11-19-13)21-12-2-3-12)22-6-8-23(9-7-22)16-17-4-1-5-18-16/h1,4-5,10-12H,2-3,6-9H2,(H,20,21). The zero-order valence-corrected chi connectivity index (χ0v) is 13.3. The minimum absolute atomic E-state index is 0.0749. The van der Waals surface area contributed by atoms with Crippen LogP contribution in [0.4, 0.5) is 11.8 Å². The molecule has 2 aliphatic rings. The van der Waals surface area contributed by atoms with Gasteiger partial charge in [-0.3, -0.25) is 4.79 Å². The molecule has 1 N–H and O–H groups in total. The third-order valence-electron chi connectivity index (χ3n) is 4.20. The smallest absolute Gasteiger partial charge is 0.274 e. The molecule has 0 unspecified atom stereocenters. The van der Waals surface area contributed by atoms with E-state index in [-0.39, 0.29) is 5.91 Å². The summed E-state index contributed by atoms with van der Waals surface area (Å²) in [5, 5.41) is 3.27. The average Bonchev–Trinajstić information content (AvgIpc) is 3.47. The van der Waals surface area contributed by atoms with Crippen molar-refractivity contribution in [1.82, 2.24) is 24.8 Å². The minimum Gasteiger partial charge on any atom is -0.366 e. The van der Waals surface area contributed by atoms with Crippen LogP contribution in [-0.2, 0) is 0 Å². The Morgan fingerprint density at radius 2 is 1.75 bits per heavy atom. The van der Waals surface area contributed by atoms with Gasteiger partial charge in [0.1, 0.15) is 11.5 Å². The second-order valence-corrected chi connectivity index (χ2v) is 6.03. The first-order chi connectivity index (χ1) is 11.8. The van der Waals surface area contributed by atoms with E-state index in [0.29, 0.717) is 43.9 Å². The largest absolute Gasteiger partial charge is 0.366 e. The molecule has 2 fully saturated rings. The van der Waals surface area contributed by atoms with Crippen LogP contribution in [0, 0.1) is 0 Å². The van der Waals surface area contributed by atoms with Crippen LogP contribution < -0.4 is 10.2 Å². The predicted octanol–water partition coefficient (Wildman–Crippen LogP) is 0.803. The Kier molecular flexibility index (Phi) is 3.94. The van der Waals surface area contributed by atoms with Crippen molar-refractivity contribution < 1.29 is 4.79 Å². The Morgan fingerprint density at radius 1 is 1.00 bits per heavy atom. The molecule has 8 heteroatoms. The van der Waals surface area contributed by atoms with Gasteiger partial charge in [0, 0.05) is 44.6 Å². The predicted molar refractivity (Wildman–Crippen MR) is 88.8 cm³/mol. The fraction of sp³-hybridized carbons (Fsp3) is 0.438. The third-order valence-corrected chi connectivity index (χ3v) is 4.20. The first kappa shape index (κ1) is 14.8. The number of rotatable bonds is 4. The molecule has 1 saturated heterocycles. The average molecular weight is 325 g/mol. The van der Waals surface area contributed by atoms with Gasteiger partial charge in [0.25, 0.3) is 5.91 Å². The SMILES string of the molecule is O=C(c1cnc(NC2CC2)cn1)N1CCN(c2ncccn2)CC1. The van der Waals surface area contributed by atoms with Crippen molar-refractivity contribution in [1.29, 1.82) is 0 Å². The quantitative estimate of drug-likeness (QED) is 0.890. The van der Waals surface area contributed by atoms with Crippen LogP contribution in [0.5, 0.6) is 0 Å². The summed E-state index contributed by atoms with van der Waals surface area (Å²) in [6.45, 7) is 2.68. The Labute approximate surface area is 140 Å². The molecule has 0 aromatic carbocycles. The maximum Gasteiger partial charge on any atom is 0.274 e. The lowest BCUT2D eigenvalue weighted by Crippen LogP contribution is -2.49. The molecule has 2 aromatic rings. The number of piperazine rings is 1. The molecule has 24 heavy (non-hydrogen) atoms. The monoisotopic (exact) mass is 325 g/mol. The van der Waals surface area contributed by atoms with Crippen LogP contribution in [0.2, 0.25) is 0 Å². The molecule has 4 rings (SSSR count). The summed E-state index contributed by atoms with van der Waals surface area (Å²) < 4.78 is 0. The van der Waals surface area contributed by atoms with Crippen LogP contribution in [0.15, 0.2) is 30.9 Å². The number of nitrogens with zero attached hydrogens (tertiary/aromatic N) is 6. The van der Waals surface area contributed by atoms with Gasteiger partial charge in [0.2, 0.25) is 5.95 Å². The van der Waals surface area contributed by atoms with E-state index in [1.807, 2.05) is 0 Å². The van der Waals surface area contributed by atoms with E-state index in [2.05, 4.69) is 30.2 Å². The minimum atomic E-state index is -0.0749. The number of aromatic nitrogens is 4. The molecular formula is C16H19N7O. The number of carbonyl (C=O) groups is 1. The van der Waals surface area contributed by atoms with Gasteiger partial charge >= 0.3 is 0 Å². The number of nitrogens with one attached hydrogen (secondary N) is 1. The first-order valence-electron chi connectivity index (χ1n) is 8.19. The fourth-order valence-corrected chi connectivity index (χ4v) is 2.68. The van der Waals surface area contributed by atoms with Gasteiger partial charge in [-0.2, -0.15) is 0 Å². The van der Waals surface area contributed by atoms with Crippen LogP contribution in [0.1, 0.15) is 23.3 Å². The number of anilines is 2. The molecule has 124 valence electrons. The number of carbonyl (C=O) groups excluding carboxylic acids is 1. The molecule has 2 aromatic heterocycles. The van der Waals surface area contributed by atoms with E-state index in [4.69, 9.17) is 0 Å². The van der Waals surface area contributed by atoms with Gasteiger partial charge in [0.15, 0.2) is 0 Å². The van der Waals surface area contributed by atoms with Crippen molar-refractivity contribution in [3.8, 4) is 0 Å². The maximum atomic E-state index is 12.5. The normalized spacial score (nSPS) is 17.7. The van der Waals surface area contributed by atoms with Crippen LogP contribution in [-0.4, -0.2) is 63.0 Å². The Hall–Kier alpha value is -2.77. The fourth-order valence-electron chi connectivity index (χ4n) is 2.68. The lowest BCUT2D eigenvalue weighted by atomic mass is 10.3. The molecule has 1 aliphatic carbocycles. The second kappa shape index (κ2) is 6.38. The summed E-state index contributed by atoms with van der Waals surface area (Å²) in [6, 6.07) is 2.32. The molecular weight excluding hydrogens is 306 g/mol. The van der Waals surface area contributed by atoms with Crippen LogP contribution in [0.25, 0.3) is 0 Å². The van der Waals surface area contributed by atoms with E-state index in [0.717, 1.165) is 5.82 Å². The lowest BCUT2D eigenvalue weighted by Gasteiger charge is -2.34. The summed E-state index contributed by atoms with van der Waals surface area (Å²) in [7, 11) is 0. The zero-order valence-electron chi connectivity index (χ0n) is 13.3. The molecule has 0 radical (unpaired) electrons. The van der Waals surface area contributed by atoms with Crippen molar-refractivity contribution in [2.45, 2.75) is 18.9 Å². The highest BCUT2D eigenvalue weighted by molar-refractivity contribution is 5.92. The summed E-state index contributed by atoms with van der Waals surface area (Å²) in [4.78, 5) is 33.5. The Bertz CT molecular complexity index is 694. The second-order valence-electron chi connectivity index (χ2n) is 6.03. The van der Waals surface area contributed by atoms with Crippen molar-refractivity contribution in [2.24, 2.45) is 0 Å². The van der Waals surface area contributed by atoms with E-state index < -0.39 is 0 Å². The van der Waals surface area contributed by atoms with Gasteiger partial charge in [-0.25, -0.2) is 19.9 Å². The van der Waals surface area contributed by atoms with Crippen LogP contribution in [0.3, 0.4) is 0 Å². The third kappa shape index (κ3) is 3.27. The van der Waals surface area contributed by atoms with Crippen molar-refractivity contribution in [3.05, 3.63) is 36.5 Å². The lowest BCUT2D eigenvalue weighted by molar-refractivity contribution is 0.0740. The van der Waals surface area contributed by atoms with Gasteiger partial charge < -0.3 is 15.1 Å². The van der Waals surface area contributed by atoms with Gasteiger partial charge in [-0.05, 0) is 18.9 Å². The molecule has 3 heterocycles. The summed E-state index contributed by atoms with van der Waals surface area (Å²) in [6.07, 6.45) is 9.01. The molecule has 0 atom stereocenters. The number of amides is 1. The highest BCUT2D eigenvalue weighted by Gasteiger charge is 2.25. The van der Waals surface area contributed by atoms with Crippen LogP contribution >= 0.6 is 0 Å². The summed E-state index contributed by atoms with van der Waals surface area (Å²) in [5.74, 6) is 1.37. The molecule has 0 bridgehead atoms. The van der Waals surface area contributed by atoms with E-state index in [1.54, 1.807) is 35.8 Å². The Morgan fingerprint density at radius 3 is 2.38 bits per heavy atom. The number of hydrogen-bond acceptors (Lipinski definition) is 7. The summed E-state index contributed by atoms with van der Waals surface area (Å²) in [5.41, 5.74) is 0.390. The van der Waals surface area contributed by atoms with Crippen molar-refractivity contribution >= 4 is 17.7 Å². The van der Waals surface area contributed by atoms with Gasteiger partial charge in [-0.15, -0.1) is 0 Å². The van der Waals surface area contributed by atoms with Gasteiger partial charge in [-0.1, -0.05) is 0 Å². The Balaban J connectivity index is 1.35. The van der Waals surface area contributed by atoms with E-state index >= 15 is 0 Å². The van der Waals surface area contributed by atoms with E-state index in [1.165, 1.54) is 12.8 Å². The van der Waals surface area contributed by atoms with Crippen molar-refractivity contribution in [2.75, 3.05) is 36.4 Å². The molecule has 1 amide bonds.